The second kappa shape index (κ2) is 9.45. The molecular formula is C21H20BrN3O5. The van der Waals surface area contributed by atoms with Crippen molar-refractivity contribution >= 4 is 33.5 Å². The second-order valence-corrected chi connectivity index (χ2v) is 6.85. The molecule has 3 aromatic rings. The van der Waals surface area contributed by atoms with Gasteiger partial charge < -0.3 is 19.5 Å². The normalized spacial score (nSPS) is 10.4. The Morgan fingerprint density at radius 3 is 2.27 bits per heavy atom. The number of aromatic nitrogens is 2. The van der Waals surface area contributed by atoms with Gasteiger partial charge >= 0.3 is 5.97 Å². The summed E-state index contributed by atoms with van der Waals surface area (Å²) in [7, 11) is 3.03. The number of nitrogens with zero attached hydrogens (tertiary/aromatic N) is 2. The molecule has 0 saturated carbocycles. The third kappa shape index (κ3) is 4.62. The Morgan fingerprint density at radius 2 is 1.70 bits per heavy atom. The fourth-order valence-electron chi connectivity index (χ4n) is 2.68. The van der Waals surface area contributed by atoms with Gasteiger partial charge in [-0.2, -0.15) is 5.10 Å². The molecule has 1 aromatic heterocycles. The molecule has 0 fully saturated rings. The van der Waals surface area contributed by atoms with Crippen molar-refractivity contribution in [1.82, 2.24) is 9.78 Å². The highest BCUT2D eigenvalue weighted by atomic mass is 79.9. The quantitative estimate of drug-likeness (QED) is 0.519. The van der Waals surface area contributed by atoms with Crippen LogP contribution in [0.2, 0.25) is 0 Å². The topological polar surface area (TPSA) is 91.7 Å². The van der Waals surface area contributed by atoms with Crippen LogP contribution in [0.4, 0.5) is 5.69 Å². The number of nitrogens with one attached hydrogen (secondary N) is 1. The van der Waals surface area contributed by atoms with Crippen LogP contribution in [0, 0.1) is 0 Å². The van der Waals surface area contributed by atoms with E-state index in [4.69, 9.17) is 14.2 Å². The lowest BCUT2D eigenvalue weighted by molar-refractivity contribution is 0.0519. The molecule has 0 bridgehead atoms. The molecule has 1 amide bonds. The van der Waals surface area contributed by atoms with E-state index in [1.165, 1.54) is 14.2 Å². The first-order valence-electron chi connectivity index (χ1n) is 9.03. The Hall–Kier alpha value is -3.33. The standard InChI is InChI=1S/C21H20BrN3O5/c1-4-30-21(27)16-9-10-25(24-16)15-7-5-14(6-8-15)23-20(26)13-11-17(28-2)19(22)18(12-13)29-3/h5-12H,4H2,1-3H3,(H,23,26). The number of benzene rings is 2. The minimum Gasteiger partial charge on any atom is -0.495 e. The van der Waals surface area contributed by atoms with Crippen LogP contribution in [-0.2, 0) is 4.74 Å². The van der Waals surface area contributed by atoms with Gasteiger partial charge in [0, 0.05) is 17.4 Å². The number of amides is 1. The van der Waals surface area contributed by atoms with Crippen LogP contribution in [0.15, 0.2) is 53.1 Å². The number of rotatable bonds is 7. The van der Waals surface area contributed by atoms with Gasteiger partial charge in [0.05, 0.1) is 26.5 Å². The lowest BCUT2D eigenvalue weighted by atomic mass is 10.1. The van der Waals surface area contributed by atoms with E-state index in [1.54, 1.807) is 60.3 Å². The van der Waals surface area contributed by atoms with Gasteiger partial charge in [-0.1, -0.05) is 0 Å². The van der Waals surface area contributed by atoms with E-state index in [0.717, 1.165) is 5.69 Å². The summed E-state index contributed by atoms with van der Waals surface area (Å²) in [4.78, 5) is 24.4. The van der Waals surface area contributed by atoms with E-state index < -0.39 is 5.97 Å². The molecule has 0 aliphatic rings. The van der Waals surface area contributed by atoms with Gasteiger partial charge in [0.2, 0.25) is 0 Å². The summed E-state index contributed by atoms with van der Waals surface area (Å²) in [5.41, 5.74) is 1.95. The zero-order valence-corrected chi connectivity index (χ0v) is 18.2. The van der Waals surface area contributed by atoms with Gasteiger partial charge in [-0.3, -0.25) is 4.79 Å². The van der Waals surface area contributed by atoms with Crippen LogP contribution in [0.3, 0.4) is 0 Å². The maximum atomic E-state index is 12.6. The van der Waals surface area contributed by atoms with Gasteiger partial charge in [0.1, 0.15) is 16.0 Å². The first kappa shape index (κ1) is 21.4. The summed E-state index contributed by atoms with van der Waals surface area (Å²) < 4.78 is 17.7. The molecule has 1 N–H and O–H groups in total. The zero-order valence-electron chi connectivity index (χ0n) is 16.6. The summed E-state index contributed by atoms with van der Waals surface area (Å²) >= 11 is 3.38. The molecule has 0 aliphatic heterocycles. The molecule has 2 aromatic carbocycles. The molecular weight excluding hydrogens is 454 g/mol. The first-order chi connectivity index (χ1) is 14.5. The Labute approximate surface area is 181 Å². The van der Waals surface area contributed by atoms with Crippen LogP contribution in [0.25, 0.3) is 5.69 Å². The van der Waals surface area contributed by atoms with E-state index in [1.807, 2.05) is 0 Å². The molecule has 0 radical (unpaired) electrons. The number of ether oxygens (including phenoxy) is 3. The van der Waals surface area contributed by atoms with Crippen molar-refractivity contribution in [1.29, 1.82) is 0 Å². The number of halogens is 1. The predicted octanol–water partition coefficient (Wildman–Crippen LogP) is 4.08. The largest absolute Gasteiger partial charge is 0.495 e. The van der Waals surface area contributed by atoms with E-state index in [-0.39, 0.29) is 18.2 Å². The molecule has 0 unspecified atom stereocenters. The van der Waals surface area contributed by atoms with Gasteiger partial charge in [-0.15, -0.1) is 0 Å². The predicted molar refractivity (Wildman–Crippen MR) is 115 cm³/mol. The smallest absolute Gasteiger partial charge is 0.358 e. The maximum Gasteiger partial charge on any atom is 0.358 e. The highest BCUT2D eigenvalue weighted by Gasteiger charge is 2.15. The van der Waals surface area contributed by atoms with Crippen LogP contribution in [0.5, 0.6) is 11.5 Å². The van der Waals surface area contributed by atoms with Crippen molar-refractivity contribution in [3.8, 4) is 17.2 Å². The minimum absolute atomic E-state index is 0.229. The molecule has 3 rings (SSSR count). The van der Waals surface area contributed by atoms with Gasteiger partial charge in [0.15, 0.2) is 5.69 Å². The molecule has 0 aliphatic carbocycles. The zero-order chi connectivity index (χ0) is 21.7. The second-order valence-electron chi connectivity index (χ2n) is 6.06. The molecule has 0 saturated heterocycles. The summed E-state index contributed by atoms with van der Waals surface area (Å²) in [5, 5.41) is 7.04. The molecule has 0 spiro atoms. The fourth-order valence-corrected chi connectivity index (χ4v) is 3.24. The number of anilines is 1. The van der Waals surface area contributed by atoms with Crippen molar-refractivity contribution < 1.29 is 23.8 Å². The van der Waals surface area contributed by atoms with E-state index in [2.05, 4.69) is 26.3 Å². The number of hydrogen-bond donors (Lipinski definition) is 1. The summed E-state index contributed by atoms with van der Waals surface area (Å²) in [6.07, 6.45) is 1.67. The Kier molecular flexibility index (Phi) is 6.73. The molecule has 156 valence electrons. The average Bonchev–Trinajstić information content (AvgIpc) is 3.25. The molecule has 9 heteroatoms. The van der Waals surface area contributed by atoms with E-state index in [0.29, 0.717) is 27.2 Å². The average molecular weight is 474 g/mol. The van der Waals surface area contributed by atoms with Gasteiger partial charge in [-0.25, -0.2) is 9.48 Å². The Morgan fingerprint density at radius 1 is 1.07 bits per heavy atom. The van der Waals surface area contributed by atoms with Crippen molar-refractivity contribution in [3.05, 3.63) is 64.4 Å². The van der Waals surface area contributed by atoms with Crippen LogP contribution in [-0.4, -0.2) is 42.5 Å². The van der Waals surface area contributed by atoms with Crippen molar-refractivity contribution in [3.63, 3.8) is 0 Å². The van der Waals surface area contributed by atoms with Crippen LogP contribution < -0.4 is 14.8 Å². The monoisotopic (exact) mass is 473 g/mol. The molecule has 30 heavy (non-hydrogen) atoms. The first-order valence-corrected chi connectivity index (χ1v) is 9.82. The van der Waals surface area contributed by atoms with Crippen molar-refractivity contribution in [2.75, 3.05) is 26.1 Å². The van der Waals surface area contributed by atoms with E-state index >= 15 is 0 Å². The van der Waals surface area contributed by atoms with Crippen LogP contribution in [0.1, 0.15) is 27.8 Å². The fraction of sp³-hybridized carbons (Fsp3) is 0.190. The third-order valence-corrected chi connectivity index (χ3v) is 4.95. The Bertz CT molecular complexity index is 1040. The summed E-state index contributed by atoms with van der Waals surface area (Å²) in [6, 6.07) is 11.9. The van der Waals surface area contributed by atoms with Gasteiger partial charge in [0.25, 0.3) is 5.91 Å². The summed E-state index contributed by atoms with van der Waals surface area (Å²) in [5.74, 6) is 0.202. The highest BCUT2D eigenvalue weighted by molar-refractivity contribution is 9.10. The lowest BCUT2D eigenvalue weighted by Gasteiger charge is -2.12. The minimum atomic E-state index is -0.472. The SMILES string of the molecule is CCOC(=O)c1ccn(-c2ccc(NC(=O)c3cc(OC)c(Br)c(OC)c3)cc2)n1. The number of esters is 1. The number of carbonyl (C=O) groups excluding carboxylic acids is 2. The van der Waals surface area contributed by atoms with Crippen molar-refractivity contribution in [2.24, 2.45) is 0 Å². The summed E-state index contributed by atoms with van der Waals surface area (Å²) in [6.45, 7) is 2.03. The van der Waals surface area contributed by atoms with Gasteiger partial charge in [-0.05, 0) is 65.3 Å². The third-order valence-electron chi connectivity index (χ3n) is 4.17. The van der Waals surface area contributed by atoms with Crippen LogP contribution >= 0.6 is 15.9 Å². The van der Waals surface area contributed by atoms with E-state index in [9.17, 15) is 9.59 Å². The van der Waals surface area contributed by atoms with Crippen molar-refractivity contribution in [2.45, 2.75) is 6.92 Å². The number of hydrogen-bond acceptors (Lipinski definition) is 6. The molecule has 1 heterocycles. The number of methoxy groups -OCH3 is 2. The lowest BCUT2D eigenvalue weighted by Crippen LogP contribution is -2.12. The highest BCUT2D eigenvalue weighted by Crippen LogP contribution is 2.35. The maximum absolute atomic E-state index is 12.6. The number of carbonyl (C=O) groups is 2. The molecule has 0 atom stereocenters. The molecule has 8 nitrogen and oxygen atoms in total. The Balaban J connectivity index is 1.75.